The molecule has 1 saturated heterocycles. The third-order valence-corrected chi connectivity index (χ3v) is 3.74. The molecule has 0 aromatic carbocycles. The van der Waals surface area contributed by atoms with E-state index in [-0.39, 0.29) is 0 Å². The Kier molecular flexibility index (Phi) is 9.54. The Morgan fingerprint density at radius 3 is 2.17 bits per heavy atom. The molecule has 1 aliphatic rings. The average Bonchev–Trinajstić information content (AvgIpc) is 2.42. The number of rotatable bonds is 10. The number of nitrogens with zero attached hydrogens (tertiary/aromatic N) is 1. The summed E-state index contributed by atoms with van der Waals surface area (Å²) in [6.07, 6.45) is 7.64. The van der Waals surface area contributed by atoms with Crippen LogP contribution in [-0.4, -0.2) is 50.3 Å². The van der Waals surface area contributed by atoms with Gasteiger partial charge in [-0.05, 0) is 38.8 Å². The van der Waals surface area contributed by atoms with E-state index in [1.807, 2.05) is 0 Å². The van der Waals surface area contributed by atoms with Crippen LogP contribution < -0.4 is 5.32 Å². The molecule has 0 saturated carbocycles. The molecule has 108 valence electrons. The zero-order valence-corrected chi connectivity index (χ0v) is 12.4. The van der Waals surface area contributed by atoms with Crippen LogP contribution in [0.25, 0.3) is 0 Å². The van der Waals surface area contributed by atoms with E-state index in [0.29, 0.717) is 6.04 Å². The van der Waals surface area contributed by atoms with Crippen LogP contribution in [0.15, 0.2) is 0 Å². The molecule has 0 atom stereocenters. The van der Waals surface area contributed by atoms with Gasteiger partial charge in [-0.15, -0.1) is 0 Å². The lowest BCUT2D eigenvalue weighted by Gasteiger charge is -2.26. The summed E-state index contributed by atoms with van der Waals surface area (Å²) in [4.78, 5) is 2.62. The molecule has 0 bridgehead atoms. The minimum absolute atomic E-state index is 0.693. The highest BCUT2D eigenvalue weighted by Crippen LogP contribution is 2.06. The lowest BCUT2D eigenvalue weighted by atomic mass is 10.1. The van der Waals surface area contributed by atoms with Crippen molar-refractivity contribution in [3.63, 3.8) is 0 Å². The molecular weight excluding hydrogens is 224 g/mol. The van der Waals surface area contributed by atoms with Gasteiger partial charge in [0.15, 0.2) is 0 Å². The first-order chi connectivity index (χ1) is 8.86. The lowest BCUT2D eigenvalue weighted by molar-refractivity contribution is 0.0772. The van der Waals surface area contributed by atoms with E-state index in [0.717, 1.165) is 19.8 Å². The first kappa shape index (κ1) is 15.9. The topological polar surface area (TPSA) is 24.5 Å². The van der Waals surface area contributed by atoms with Gasteiger partial charge in [0.05, 0.1) is 0 Å². The molecule has 1 heterocycles. The van der Waals surface area contributed by atoms with Gasteiger partial charge in [0, 0.05) is 32.3 Å². The molecule has 1 N–H and O–H groups in total. The Balaban J connectivity index is 2.10. The Morgan fingerprint density at radius 1 is 1.00 bits per heavy atom. The first-order valence-electron chi connectivity index (χ1n) is 7.90. The molecule has 3 nitrogen and oxygen atoms in total. The second-order valence-corrected chi connectivity index (χ2v) is 5.39. The van der Waals surface area contributed by atoms with Crippen molar-refractivity contribution < 1.29 is 4.74 Å². The molecule has 0 radical (unpaired) electrons. The van der Waals surface area contributed by atoms with Crippen LogP contribution in [0.2, 0.25) is 0 Å². The van der Waals surface area contributed by atoms with E-state index in [2.05, 4.69) is 24.1 Å². The quantitative estimate of drug-likeness (QED) is 0.650. The summed E-state index contributed by atoms with van der Waals surface area (Å²) in [7, 11) is 0. The molecule has 1 fully saturated rings. The van der Waals surface area contributed by atoms with Gasteiger partial charge in [-0.2, -0.15) is 0 Å². The van der Waals surface area contributed by atoms with Crippen LogP contribution >= 0.6 is 0 Å². The molecule has 0 aliphatic carbocycles. The second kappa shape index (κ2) is 10.8. The predicted molar refractivity (Wildman–Crippen MR) is 78.1 cm³/mol. The van der Waals surface area contributed by atoms with Gasteiger partial charge in [-0.1, -0.05) is 26.7 Å². The van der Waals surface area contributed by atoms with Crippen LogP contribution in [0.1, 0.15) is 52.4 Å². The molecule has 18 heavy (non-hydrogen) atoms. The van der Waals surface area contributed by atoms with Crippen LogP contribution in [0.3, 0.4) is 0 Å². The molecule has 0 unspecified atom stereocenters. The van der Waals surface area contributed by atoms with Crippen molar-refractivity contribution in [2.75, 3.05) is 39.4 Å². The summed E-state index contributed by atoms with van der Waals surface area (Å²) in [5.74, 6) is 0. The summed E-state index contributed by atoms with van der Waals surface area (Å²) < 4.78 is 5.38. The lowest BCUT2D eigenvalue weighted by Crippen LogP contribution is -2.40. The maximum Gasteiger partial charge on any atom is 0.0480 e. The van der Waals surface area contributed by atoms with Crippen molar-refractivity contribution in [3.05, 3.63) is 0 Å². The van der Waals surface area contributed by atoms with Crippen molar-refractivity contribution in [1.29, 1.82) is 0 Å². The van der Waals surface area contributed by atoms with E-state index in [9.17, 15) is 0 Å². The molecule has 3 heteroatoms. The van der Waals surface area contributed by atoms with Gasteiger partial charge in [0.2, 0.25) is 0 Å². The molecule has 0 amide bonds. The molecule has 1 aliphatic heterocycles. The third-order valence-electron chi connectivity index (χ3n) is 3.74. The van der Waals surface area contributed by atoms with Crippen LogP contribution in [0.4, 0.5) is 0 Å². The maximum atomic E-state index is 5.38. The standard InChI is InChI=1S/C15H32N2O/c1-3-5-10-17(11-6-4-2)12-9-16-15-7-13-18-14-8-15/h15-16H,3-14H2,1-2H3. The number of hydrogen-bond donors (Lipinski definition) is 1. The highest BCUT2D eigenvalue weighted by Gasteiger charge is 2.13. The summed E-state index contributed by atoms with van der Waals surface area (Å²) >= 11 is 0. The zero-order chi connectivity index (χ0) is 13.1. The fraction of sp³-hybridized carbons (Fsp3) is 1.00. The predicted octanol–water partition coefficient (Wildman–Crippen LogP) is 2.66. The summed E-state index contributed by atoms with van der Waals surface area (Å²) in [6, 6.07) is 0.693. The van der Waals surface area contributed by atoms with Crippen LogP contribution in [0.5, 0.6) is 0 Å². The molecule has 0 aromatic heterocycles. The average molecular weight is 256 g/mol. The van der Waals surface area contributed by atoms with E-state index in [1.54, 1.807) is 0 Å². The minimum Gasteiger partial charge on any atom is -0.381 e. The Hall–Kier alpha value is -0.120. The third kappa shape index (κ3) is 7.34. The van der Waals surface area contributed by atoms with E-state index in [4.69, 9.17) is 4.74 Å². The van der Waals surface area contributed by atoms with Gasteiger partial charge in [0.25, 0.3) is 0 Å². The van der Waals surface area contributed by atoms with Crippen molar-refractivity contribution >= 4 is 0 Å². The highest BCUT2D eigenvalue weighted by atomic mass is 16.5. The Morgan fingerprint density at radius 2 is 1.61 bits per heavy atom. The van der Waals surface area contributed by atoms with Crippen molar-refractivity contribution in [2.24, 2.45) is 0 Å². The molecule has 1 rings (SSSR count). The van der Waals surface area contributed by atoms with Gasteiger partial charge < -0.3 is 15.0 Å². The van der Waals surface area contributed by atoms with Gasteiger partial charge in [-0.3, -0.25) is 0 Å². The molecular formula is C15H32N2O. The van der Waals surface area contributed by atoms with Crippen molar-refractivity contribution in [3.8, 4) is 0 Å². The Labute approximate surface area is 113 Å². The molecule has 0 aromatic rings. The van der Waals surface area contributed by atoms with Crippen LogP contribution in [0, 0.1) is 0 Å². The molecule has 0 spiro atoms. The first-order valence-corrected chi connectivity index (χ1v) is 7.90. The number of hydrogen-bond acceptors (Lipinski definition) is 3. The van der Waals surface area contributed by atoms with Crippen molar-refractivity contribution in [2.45, 2.75) is 58.4 Å². The van der Waals surface area contributed by atoms with E-state index in [1.165, 1.54) is 58.2 Å². The smallest absolute Gasteiger partial charge is 0.0480 e. The second-order valence-electron chi connectivity index (χ2n) is 5.39. The highest BCUT2D eigenvalue weighted by molar-refractivity contribution is 4.71. The monoisotopic (exact) mass is 256 g/mol. The van der Waals surface area contributed by atoms with E-state index >= 15 is 0 Å². The van der Waals surface area contributed by atoms with Crippen molar-refractivity contribution in [1.82, 2.24) is 10.2 Å². The maximum absolute atomic E-state index is 5.38. The van der Waals surface area contributed by atoms with Gasteiger partial charge in [-0.25, -0.2) is 0 Å². The zero-order valence-electron chi connectivity index (χ0n) is 12.4. The van der Waals surface area contributed by atoms with Gasteiger partial charge in [0.1, 0.15) is 0 Å². The Bertz CT molecular complexity index is 173. The van der Waals surface area contributed by atoms with Crippen LogP contribution in [-0.2, 0) is 4.74 Å². The SMILES string of the molecule is CCCCN(CCCC)CCNC1CCOCC1. The number of ether oxygens (including phenoxy) is 1. The largest absolute Gasteiger partial charge is 0.381 e. The van der Waals surface area contributed by atoms with E-state index < -0.39 is 0 Å². The number of nitrogens with one attached hydrogen (secondary N) is 1. The minimum atomic E-state index is 0.693. The summed E-state index contributed by atoms with van der Waals surface area (Å²) in [6.45, 7) is 11.3. The fourth-order valence-corrected chi connectivity index (χ4v) is 2.43. The normalized spacial score (nSPS) is 17.5. The van der Waals surface area contributed by atoms with Gasteiger partial charge >= 0.3 is 0 Å². The summed E-state index contributed by atoms with van der Waals surface area (Å²) in [5, 5.41) is 3.68. The fourth-order valence-electron chi connectivity index (χ4n) is 2.43. The summed E-state index contributed by atoms with van der Waals surface area (Å²) in [5.41, 5.74) is 0. The number of unbranched alkanes of at least 4 members (excludes halogenated alkanes) is 2.